The zero-order chi connectivity index (χ0) is 12.8. The van der Waals surface area contributed by atoms with Gasteiger partial charge in [-0.05, 0) is 12.8 Å². The molecule has 0 aromatic heterocycles. The number of nitrogens with one attached hydrogen (secondary N) is 2. The number of carboxylic acid groups (broad SMARTS) is 1. The molecule has 2 aliphatic rings. The summed E-state index contributed by atoms with van der Waals surface area (Å²) >= 11 is 0. The monoisotopic (exact) mass is 256 g/mol. The van der Waals surface area contributed by atoms with Crippen molar-refractivity contribution in [3.8, 4) is 0 Å². The second-order valence-corrected chi connectivity index (χ2v) is 5.51. The molecule has 0 aromatic carbocycles. The van der Waals surface area contributed by atoms with E-state index in [9.17, 15) is 4.79 Å². The Morgan fingerprint density at radius 1 is 1.33 bits per heavy atom. The molecule has 1 heterocycles. The Bertz CT molecular complexity index is 273. The van der Waals surface area contributed by atoms with Gasteiger partial charge in [-0.2, -0.15) is 0 Å². The first-order valence-corrected chi connectivity index (χ1v) is 6.99. The molecule has 1 aliphatic heterocycles. The van der Waals surface area contributed by atoms with E-state index in [1.165, 1.54) is 32.1 Å². The van der Waals surface area contributed by atoms with E-state index in [2.05, 4.69) is 10.6 Å². The Labute approximate surface area is 108 Å². The van der Waals surface area contributed by atoms with E-state index >= 15 is 0 Å². The second-order valence-electron chi connectivity index (χ2n) is 5.51. The van der Waals surface area contributed by atoms with Crippen molar-refractivity contribution in [3.05, 3.63) is 0 Å². The molecule has 2 fully saturated rings. The normalized spacial score (nSPS) is 23.6. The standard InChI is InChI=1S/C13H24N2O3/c16-12(17)8-13(9-14-10-13)15-6-7-18-11-4-2-1-3-5-11/h11,14-15H,1-10H2,(H,16,17). The van der Waals surface area contributed by atoms with E-state index in [-0.39, 0.29) is 12.0 Å². The summed E-state index contributed by atoms with van der Waals surface area (Å²) in [7, 11) is 0. The average Bonchev–Trinajstić information content (AvgIpc) is 2.32. The van der Waals surface area contributed by atoms with Crippen LogP contribution >= 0.6 is 0 Å². The lowest BCUT2D eigenvalue weighted by Gasteiger charge is -2.42. The summed E-state index contributed by atoms with van der Waals surface area (Å²) in [6, 6.07) is 0. The van der Waals surface area contributed by atoms with E-state index in [1.807, 2.05) is 0 Å². The molecule has 5 heteroatoms. The van der Waals surface area contributed by atoms with Crippen LogP contribution in [-0.2, 0) is 9.53 Å². The molecule has 0 aromatic rings. The van der Waals surface area contributed by atoms with Gasteiger partial charge >= 0.3 is 5.97 Å². The highest BCUT2D eigenvalue weighted by molar-refractivity contribution is 5.68. The van der Waals surface area contributed by atoms with E-state index < -0.39 is 5.97 Å². The minimum Gasteiger partial charge on any atom is -0.481 e. The van der Waals surface area contributed by atoms with Crippen LogP contribution in [0, 0.1) is 0 Å². The Morgan fingerprint density at radius 3 is 2.61 bits per heavy atom. The first-order valence-electron chi connectivity index (χ1n) is 6.99. The Hall–Kier alpha value is -0.650. The molecule has 0 spiro atoms. The maximum Gasteiger partial charge on any atom is 0.305 e. The van der Waals surface area contributed by atoms with Crippen molar-refractivity contribution in [3.63, 3.8) is 0 Å². The maximum absolute atomic E-state index is 10.8. The Balaban J connectivity index is 1.60. The minimum absolute atomic E-state index is 0.184. The van der Waals surface area contributed by atoms with Crippen molar-refractivity contribution >= 4 is 5.97 Å². The number of carbonyl (C=O) groups is 1. The van der Waals surface area contributed by atoms with Crippen LogP contribution in [0.1, 0.15) is 38.5 Å². The van der Waals surface area contributed by atoms with Crippen molar-refractivity contribution in [1.29, 1.82) is 0 Å². The van der Waals surface area contributed by atoms with Gasteiger partial charge in [-0.1, -0.05) is 19.3 Å². The quantitative estimate of drug-likeness (QED) is 0.586. The molecule has 1 saturated carbocycles. The number of ether oxygens (including phenoxy) is 1. The summed E-state index contributed by atoms with van der Waals surface area (Å²) in [5.41, 5.74) is -0.248. The largest absolute Gasteiger partial charge is 0.481 e. The number of rotatable bonds is 7. The topological polar surface area (TPSA) is 70.6 Å². The van der Waals surface area contributed by atoms with Gasteiger partial charge in [0.25, 0.3) is 0 Å². The van der Waals surface area contributed by atoms with Gasteiger partial charge in [0.15, 0.2) is 0 Å². The molecule has 104 valence electrons. The van der Waals surface area contributed by atoms with Gasteiger partial charge in [-0.15, -0.1) is 0 Å². The van der Waals surface area contributed by atoms with Gasteiger partial charge in [0.05, 0.1) is 24.7 Å². The number of aliphatic carboxylic acids is 1. The molecule has 2 rings (SSSR count). The lowest BCUT2D eigenvalue weighted by Crippen LogP contribution is -2.68. The first-order chi connectivity index (χ1) is 8.70. The minimum atomic E-state index is -0.739. The number of hydrogen-bond acceptors (Lipinski definition) is 4. The van der Waals surface area contributed by atoms with E-state index in [0.717, 1.165) is 19.6 Å². The molecule has 0 atom stereocenters. The fraction of sp³-hybridized carbons (Fsp3) is 0.923. The molecule has 0 unspecified atom stereocenters. The second kappa shape index (κ2) is 6.50. The Morgan fingerprint density at radius 2 is 2.06 bits per heavy atom. The summed E-state index contributed by atoms with van der Waals surface area (Å²) in [6.07, 6.45) is 6.88. The highest BCUT2D eigenvalue weighted by Gasteiger charge is 2.38. The third-order valence-electron chi connectivity index (χ3n) is 3.92. The molecule has 5 nitrogen and oxygen atoms in total. The van der Waals surface area contributed by atoms with Crippen molar-refractivity contribution in [1.82, 2.24) is 10.6 Å². The fourth-order valence-corrected chi connectivity index (χ4v) is 2.80. The van der Waals surface area contributed by atoms with Crippen LogP contribution in [0.15, 0.2) is 0 Å². The predicted molar refractivity (Wildman–Crippen MR) is 68.7 cm³/mol. The third-order valence-corrected chi connectivity index (χ3v) is 3.92. The number of hydrogen-bond donors (Lipinski definition) is 3. The number of carboxylic acids is 1. The van der Waals surface area contributed by atoms with Crippen LogP contribution in [0.5, 0.6) is 0 Å². The van der Waals surface area contributed by atoms with E-state index in [4.69, 9.17) is 9.84 Å². The molecule has 18 heavy (non-hydrogen) atoms. The fourth-order valence-electron chi connectivity index (χ4n) is 2.80. The van der Waals surface area contributed by atoms with E-state index in [1.54, 1.807) is 0 Å². The van der Waals surface area contributed by atoms with Crippen LogP contribution < -0.4 is 10.6 Å². The van der Waals surface area contributed by atoms with Crippen LogP contribution in [-0.4, -0.2) is 49.0 Å². The van der Waals surface area contributed by atoms with Crippen molar-refractivity contribution < 1.29 is 14.6 Å². The summed E-state index contributed by atoms with van der Waals surface area (Å²) < 4.78 is 5.82. The third kappa shape index (κ3) is 3.93. The summed E-state index contributed by atoms with van der Waals surface area (Å²) in [5.74, 6) is -0.739. The van der Waals surface area contributed by atoms with Crippen LogP contribution in [0.25, 0.3) is 0 Å². The maximum atomic E-state index is 10.8. The van der Waals surface area contributed by atoms with Crippen LogP contribution in [0.3, 0.4) is 0 Å². The molecule has 0 radical (unpaired) electrons. The van der Waals surface area contributed by atoms with Gasteiger partial charge in [0.1, 0.15) is 0 Å². The molecule has 0 amide bonds. The molecule has 0 bridgehead atoms. The van der Waals surface area contributed by atoms with Crippen molar-refractivity contribution in [2.24, 2.45) is 0 Å². The van der Waals surface area contributed by atoms with E-state index in [0.29, 0.717) is 12.7 Å². The summed E-state index contributed by atoms with van der Waals surface area (Å²) in [6.45, 7) is 2.91. The summed E-state index contributed by atoms with van der Waals surface area (Å²) in [5, 5.41) is 15.3. The molecular formula is C13H24N2O3. The van der Waals surface area contributed by atoms with Crippen molar-refractivity contribution in [2.75, 3.05) is 26.2 Å². The van der Waals surface area contributed by atoms with Crippen LogP contribution in [0.2, 0.25) is 0 Å². The van der Waals surface area contributed by atoms with Gasteiger partial charge in [0.2, 0.25) is 0 Å². The smallest absolute Gasteiger partial charge is 0.305 e. The average molecular weight is 256 g/mol. The molecule has 1 saturated heterocycles. The van der Waals surface area contributed by atoms with Gasteiger partial charge in [-0.25, -0.2) is 0 Å². The lowest BCUT2D eigenvalue weighted by atomic mass is 9.88. The SMILES string of the molecule is O=C(O)CC1(NCCOC2CCCCC2)CNC1. The highest BCUT2D eigenvalue weighted by Crippen LogP contribution is 2.20. The predicted octanol–water partition coefficient (Wildman–Crippen LogP) is 0.742. The summed E-state index contributed by atoms with van der Waals surface area (Å²) in [4.78, 5) is 10.8. The Kier molecular flexibility index (Phi) is 4.97. The van der Waals surface area contributed by atoms with Crippen LogP contribution in [0.4, 0.5) is 0 Å². The van der Waals surface area contributed by atoms with Gasteiger partial charge in [-0.3, -0.25) is 4.79 Å². The molecule has 1 aliphatic carbocycles. The van der Waals surface area contributed by atoms with Gasteiger partial charge in [0, 0.05) is 19.6 Å². The molecule has 3 N–H and O–H groups in total. The zero-order valence-corrected chi connectivity index (χ0v) is 10.9. The van der Waals surface area contributed by atoms with Crippen molar-refractivity contribution in [2.45, 2.75) is 50.2 Å². The highest BCUT2D eigenvalue weighted by atomic mass is 16.5. The molecular weight excluding hydrogens is 232 g/mol. The zero-order valence-electron chi connectivity index (χ0n) is 10.9. The lowest BCUT2D eigenvalue weighted by molar-refractivity contribution is -0.139. The van der Waals surface area contributed by atoms with Gasteiger partial charge < -0.3 is 20.5 Å². The first kappa shape index (κ1) is 13.8.